The Hall–Kier alpha value is -0.800. The second-order valence-electron chi connectivity index (χ2n) is 4.79. The van der Waals surface area contributed by atoms with Crippen molar-refractivity contribution in [3.63, 3.8) is 0 Å². The molecule has 2 saturated heterocycles. The maximum absolute atomic E-state index is 5.47. The zero-order valence-electron chi connectivity index (χ0n) is 8.96. The van der Waals surface area contributed by atoms with Crippen molar-refractivity contribution in [1.82, 2.24) is 10.3 Å². The van der Waals surface area contributed by atoms with Gasteiger partial charge in [-0.3, -0.25) is 0 Å². The summed E-state index contributed by atoms with van der Waals surface area (Å²) in [6.07, 6.45) is 6.79. The highest BCUT2D eigenvalue weighted by Crippen LogP contribution is 2.41. The molecule has 0 spiro atoms. The number of ether oxygens (including phenoxy) is 1. The molecule has 0 aromatic carbocycles. The summed E-state index contributed by atoms with van der Waals surface area (Å²) in [6.45, 7) is 4.13. The quantitative estimate of drug-likeness (QED) is 0.765. The summed E-state index contributed by atoms with van der Waals surface area (Å²) < 4.78 is 5.47. The summed E-state index contributed by atoms with van der Waals surface area (Å²) in [5, 5.41) is 3.50. The number of rotatable bonds is 2. The molecule has 0 amide bonds. The van der Waals surface area contributed by atoms with Gasteiger partial charge in [-0.25, -0.2) is 0 Å². The molecular weight excluding hydrogens is 188 g/mol. The van der Waals surface area contributed by atoms with Crippen LogP contribution in [-0.2, 0) is 10.2 Å². The van der Waals surface area contributed by atoms with E-state index in [9.17, 15) is 0 Å². The van der Waals surface area contributed by atoms with Crippen LogP contribution in [0.5, 0.6) is 0 Å². The third kappa shape index (κ3) is 1.42. The summed E-state index contributed by atoms with van der Waals surface area (Å²) in [5.74, 6) is 0.746. The van der Waals surface area contributed by atoms with Crippen molar-refractivity contribution in [3.8, 4) is 0 Å². The maximum Gasteiger partial charge on any atom is 0.0589 e. The zero-order valence-corrected chi connectivity index (χ0v) is 8.96. The van der Waals surface area contributed by atoms with E-state index in [-0.39, 0.29) is 0 Å². The molecule has 0 aliphatic carbocycles. The first kappa shape index (κ1) is 9.43. The fourth-order valence-electron chi connectivity index (χ4n) is 2.92. The van der Waals surface area contributed by atoms with Crippen LogP contribution in [0.3, 0.4) is 0 Å². The largest absolute Gasteiger partial charge is 0.379 e. The highest BCUT2D eigenvalue weighted by atomic mass is 16.5. The Morgan fingerprint density at radius 1 is 1.40 bits per heavy atom. The van der Waals surface area contributed by atoms with Crippen LogP contribution in [0, 0.1) is 5.92 Å². The number of piperidine rings is 1. The fourth-order valence-corrected chi connectivity index (χ4v) is 2.92. The lowest BCUT2D eigenvalue weighted by atomic mass is 9.67. The summed E-state index contributed by atoms with van der Waals surface area (Å²) in [6, 6.07) is 2.21. The zero-order chi connectivity index (χ0) is 10.1. The van der Waals surface area contributed by atoms with Gasteiger partial charge >= 0.3 is 0 Å². The van der Waals surface area contributed by atoms with E-state index in [0.717, 1.165) is 25.7 Å². The van der Waals surface area contributed by atoms with Crippen LogP contribution in [0.2, 0.25) is 0 Å². The molecule has 3 rings (SSSR count). The first-order valence-corrected chi connectivity index (χ1v) is 5.83. The minimum atomic E-state index is 0.299. The molecule has 2 fully saturated rings. The van der Waals surface area contributed by atoms with Crippen LogP contribution >= 0.6 is 0 Å². The monoisotopic (exact) mass is 206 g/mol. The topological polar surface area (TPSA) is 37.0 Å². The molecule has 3 heterocycles. The Bertz CT molecular complexity index is 310. The first-order valence-electron chi connectivity index (χ1n) is 5.83. The van der Waals surface area contributed by atoms with Gasteiger partial charge in [-0.05, 0) is 43.5 Å². The number of aromatic amines is 1. The van der Waals surface area contributed by atoms with E-state index in [0.29, 0.717) is 5.41 Å². The molecule has 2 N–H and O–H groups in total. The third-order valence-corrected chi connectivity index (χ3v) is 3.97. The van der Waals surface area contributed by atoms with Gasteiger partial charge in [0.15, 0.2) is 0 Å². The number of nitrogens with one attached hydrogen (secondary N) is 2. The molecule has 1 unspecified atom stereocenters. The van der Waals surface area contributed by atoms with Crippen molar-refractivity contribution in [2.75, 3.05) is 26.3 Å². The highest BCUT2D eigenvalue weighted by Gasteiger charge is 2.47. The van der Waals surface area contributed by atoms with Crippen LogP contribution in [0.1, 0.15) is 18.4 Å². The second-order valence-corrected chi connectivity index (χ2v) is 4.79. The number of hydrogen-bond acceptors (Lipinski definition) is 2. The van der Waals surface area contributed by atoms with Crippen molar-refractivity contribution in [1.29, 1.82) is 0 Å². The van der Waals surface area contributed by atoms with E-state index < -0.39 is 0 Å². The molecule has 1 aromatic heterocycles. The molecule has 15 heavy (non-hydrogen) atoms. The number of aromatic nitrogens is 1. The van der Waals surface area contributed by atoms with Crippen molar-refractivity contribution >= 4 is 0 Å². The smallest absolute Gasteiger partial charge is 0.0589 e. The maximum atomic E-state index is 5.47. The van der Waals surface area contributed by atoms with Gasteiger partial charge in [0, 0.05) is 17.8 Å². The molecule has 0 bridgehead atoms. The average molecular weight is 206 g/mol. The summed E-state index contributed by atoms with van der Waals surface area (Å²) in [7, 11) is 0. The van der Waals surface area contributed by atoms with Crippen molar-refractivity contribution in [2.45, 2.75) is 18.3 Å². The lowest BCUT2D eigenvalue weighted by Crippen LogP contribution is -2.56. The van der Waals surface area contributed by atoms with Crippen LogP contribution in [0.25, 0.3) is 0 Å². The van der Waals surface area contributed by atoms with Gasteiger partial charge in [-0.1, -0.05) is 0 Å². The van der Waals surface area contributed by atoms with Gasteiger partial charge in [0.05, 0.1) is 13.2 Å². The Labute approximate surface area is 90.2 Å². The van der Waals surface area contributed by atoms with E-state index in [1.54, 1.807) is 0 Å². The molecule has 82 valence electrons. The Morgan fingerprint density at radius 2 is 2.33 bits per heavy atom. The average Bonchev–Trinajstić information content (AvgIpc) is 2.72. The van der Waals surface area contributed by atoms with E-state index in [1.807, 2.05) is 6.20 Å². The van der Waals surface area contributed by atoms with E-state index >= 15 is 0 Å². The lowest BCUT2D eigenvalue weighted by Gasteiger charge is -2.48. The van der Waals surface area contributed by atoms with Crippen LogP contribution in [0.4, 0.5) is 0 Å². The summed E-state index contributed by atoms with van der Waals surface area (Å²) >= 11 is 0. The van der Waals surface area contributed by atoms with Gasteiger partial charge in [0.1, 0.15) is 0 Å². The molecule has 1 atom stereocenters. The molecule has 2 aliphatic rings. The molecule has 0 saturated carbocycles. The Balaban J connectivity index is 1.85. The molecule has 2 aliphatic heterocycles. The first-order chi connectivity index (χ1) is 7.42. The molecule has 0 radical (unpaired) electrons. The molecular formula is C12H18N2O. The van der Waals surface area contributed by atoms with Crippen LogP contribution < -0.4 is 5.32 Å². The standard InChI is InChI=1S/C12H18N2O/c1-2-10(6-13-4-1)12(8-15-9-12)11-3-5-14-7-11/h3,5,7,10,13-14H,1-2,4,6,8-9H2. The normalized spacial score (nSPS) is 29.7. The predicted octanol–water partition coefficient (Wildman–Crippen LogP) is 1.28. The van der Waals surface area contributed by atoms with Gasteiger partial charge in [0.25, 0.3) is 0 Å². The van der Waals surface area contributed by atoms with Crippen molar-refractivity contribution < 1.29 is 4.74 Å². The fraction of sp³-hybridized carbons (Fsp3) is 0.667. The van der Waals surface area contributed by atoms with E-state index in [1.165, 1.54) is 24.9 Å². The van der Waals surface area contributed by atoms with Crippen molar-refractivity contribution in [2.24, 2.45) is 5.92 Å². The molecule has 3 heteroatoms. The second kappa shape index (κ2) is 3.65. The third-order valence-electron chi connectivity index (χ3n) is 3.97. The van der Waals surface area contributed by atoms with Crippen LogP contribution in [-0.4, -0.2) is 31.3 Å². The SMILES string of the molecule is c1cc(C2(C3CCCNC3)COC2)c[nH]1. The number of H-pyrrole nitrogens is 1. The highest BCUT2D eigenvalue weighted by molar-refractivity contribution is 5.27. The molecule has 1 aromatic rings. The van der Waals surface area contributed by atoms with E-state index in [2.05, 4.69) is 22.6 Å². The number of hydrogen-bond donors (Lipinski definition) is 2. The minimum absolute atomic E-state index is 0.299. The van der Waals surface area contributed by atoms with Crippen LogP contribution in [0.15, 0.2) is 18.5 Å². The van der Waals surface area contributed by atoms with Gasteiger partial charge in [-0.2, -0.15) is 0 Å². The lowest BCUT2D eigenvalue weighted by molar-refractivity contribution is -0.0947. The van der Waals surface area contributed by atoms with Gasteiger partial charge in [-0.15, -0.1) is 0 Å². The Kier molecular flexibility index (Phi) is 2.29. The van der Waals surface area contributed by atoms with E-state index in [4.69, 9.17) is 4.74 Å². The minimum Gasteiger partial charge on any atom is -0.379 e. The Morgan fingerprint density at radius 3 is 2.87 bits per heavy atom. The van der Waals surface area contributed by atoms with Gasteiger partial charge in [0.2, 0.25) is 0 Å². The van der Waals surface area contributed by atoms with Gasteiger partial charge < -0.3 is 15.0 Å². The summed E-state index contributed by atoms with van der Waals surface area (Å²) in [4.78, 5) is 3.17. The predicted molar refractivity (Wildman–Crippen MR) is 58.9 cm³/mol. The molecule has 3 nitrogen and oxygen atoms in total. The summed E-state index contributed by atoms with van der Waals surface area (Å²) in [5.41, 5.74) is 1.73. The van der Waals surface area contributed by atoms with Crippen molar-refractivity contribution in [3.05, 3.63) is 24.0 Å².